The molecule has 0 aromatic rings. The van der Waals surface area contributed by atoms with Gasteiger partial charge in [-0.1, -0.05) is 32.4 Å². The Kier molecular flexibility index (Phi) is 5.03. The number of carbonyl (C=O) groups excluding carboxylic acids is 2. The molecule has 0 radical (unpaired) electrons. The molecule has 3 aliphatic carbocycles. The molecule has 3 atom stereocenters. The highest BCUT2D eigenvalue weighted by molar-refractivity contribution is 5.90. The van der Waals surface area contributed by atoms with Crippen molar-refractivity contribution in [1.29, 1.82) is 0 Å². The van der Waals surface area contributed by atoms with Crippen molar-refractivity contribution in [2.75, 3.05) is 20.3 Å². The summed E-state index contributed by atoms with van der Waals surface area (Å²) in [6, 6.07) is 0. The van der Waals surface area contributed by atoms with E-state index in [9.17, 15) is 9.59 Å². The zero-order valence-corrected chi connectivity index (χ0v) is 17.5. The normalized spacial score (nSPS) is 36.2. The summed E-state index contributed by atoms with van der Waals surface area (Å²) >= 11 is 0. The number of Topliss-reactive ketones (excluding diaryl/α,β-unsaturated/α-hetero) is 1. The van der Waals surface area contributed by atoms with Crippen LogP contribution in [0.2, 0.25) is 0 Å². The topological polar surface area (TPSA) is 61.8 Å². The van der Waals surface area contributed by atoms with Gasteiger partial charge in [-0.2, -0.15) is 0 Å². The molecule has 28 heavy (non-hydrogen) atoms. The maximum Gasteiger partial charge on any atom is 0.315 e. The van der Waals surface area contributed by atoms with Gasteiger partial charge >= 0.3 is 5.97 Å². The van der Waals surface area contributed by atoms with Crippen LogP contribution in [0, 0.1) is 22.7 Å². The van der Waals surface area contributed by atoms with Crippen LogP contribution in [0.1, 0.15) is 59.3 Å². The Morgan fingerprint density at radius 2 is 1.93 bits per heavy atom. The van der Waals surface area contributed by atoms with Crippen LogP contribution in [0.5, 0.6) is 0 Å². The van der Waals surface area contributed by atoms with E-state index in [4.69, 9.17) is 14.2 Å². The lowest BCUT2D eigenvalue weighted by Gasteiger charge is -2.48. The second-order valence-corrected chi connectivity index (χ2v) is 9.33. The average molecular weight is 389 g/mol. The van der Waals surface area contributed by atoms with Gasteiger partial charge in [0.05, 0.1) is 25.7 Å². The molecule has 0 spiro atoms. The molecular weight excluding hydrogens is 356 g/mol. The average Bonchev–Trinajstić information content (AvgIpc) is 3.31. The largest absolute Gasteiger partial charge is 0.468 e. The van der Waals surface area contributed by atoms with Gasteiger partial charge in [-0.05, 0) is 55.1 Å². The Labute approximate surface area is 167 Å². The summed E-state index contributed by atoms with van der Waals surface area (Å²) in [5.41, 5.74) is 2.53. The van der Waals surface area contributed by atoms with E-state index in [-0.39, 0.29) is 24.0 Å². The summed E-state index contributed by atoms with van der Waals surface area (Å²) in [6.45, 7) is 7.65. The zero-order chi connectivity index (χ0) is 20.1. The maximum atomic E-state index is 13.5. The first kappa shape index (κ1) is 19.8. The van der Waals surface area contributed by atoms with Crippen molar-refractivity contribution in [2.24, 2.45) is 22.7 Å². The smallest absolute Gasteiger partial charge is 0.315 e. The lowest BCUT2D eigenvalue weighted by molar-refractivity contribution is -0.155. The van der Waals surface area contributed by atoms with Crippen LogP contribution in [0.3, 0.4) is 0 Å². The van der Waals surface area contributed by atoms with Crippen molar-refractivity contribution in [3.63, 3.8) is 0 Å². The van der Waals surface area contributed by atoms with Crippen molar-refractivity contribution in [2.45, 2.75) is 65.6 Å². The fourth-order valence-corrected chi connectivity index (χ4v) is 6.01. The summed E-state index contributed by atoms with van der Waals surface area (Å²) < 4.78 is 16.6. The summed E-state index contributed by atoms with van der Waals surface area (Å²) in [5.74, 6) is 0.545. The number of hydrogen-bond acceptors (Lipinski definition) is 5. The van der Waals surface area contributed by atoms with Gasteiger partial charge in [0, 0.05) is 11.8 Å². The summed E-state index contributed by atoms with van der Waals surface area (Å²) in [4.78, 5) is 26.4. The third-order valence-electron chi connectivity index (χ3n) is 7.69. The Morgan fingerprint density at radius 3 is 2.57 bits per heavy atom. The van der Waals surface area contributed by atoms with Gasteiger partial charge in [0.15, 0.2) is 6.29 Å². The number of rotatable bonds is 3. The van der Waals surface area contributed by atoms with E-state index < -0.39 is 10.8 Å². The van der Waals surface area contributed by atoms with Crippen molar-refractivity contribution >= 4 is 11.8 Å². The van der Waals surface area contributed by atoms with Crippen LogP contribution in [0.25, 0.3) is 0 Å². The Bertz CT molecular complexity index is 742. The summed E-state index contributed by atoms with van der Waals surface area (Å²) in [5, 5.41) is 0. The number of hydrogen-bond donors (Lipinski definition) is 0. The van der Waals surface area contributed by atoms with E-state index in [0.717, 1.165) is 31.3 Å². The number of carbonyl (C=O) groups is 2. The molecule has 0 N–H and O–H groups in total. The lowest BCUT2D eigenvalue weighted by Crippen LogP contribution is -2.48. The monoisotopic (exact) mass is 388 g/mol. The summed E-state index contributed by atoms with van der Waals surface area (Å²) in [6.07, 6.45) is 6.07. The number of methoxy groups -OCH3 is 1. The summed E-state index contributed by atoms with van der Waals surface area (Å²) in [7, 11) is 1.49. The van der Waals surface area contributed by atoms with Gasteiger partial charge in [0.1, 0.15) is 5.78 Å². The lowest BCUT2D eigenvalue weighted by atomic mass is 9.54. The fourth-order valence-electron chi connectivity index (χ4n) is 6.01. The van der Waals surface area contributed by atoms with Crippen molar-refractivity contribution in [3.8, 4) is 0 Å². The molecule has 0 bridgehead atoms. The van der Waals surface area contributed by atoms with Gasteiger partial charge in [-0.25, -0.2) is 0 Å². The van der Waals surface area contributed by atoms with Crippen LogP contribution in [0.15, 0.2) is 22.8 Å². The Balaban J connectivity index is 1.80. The first-order chi connectivity index (χ1) is 13.3. The molecule has 4 aliphatic rings. The second-order valence-electron chi connectivity index (χ2n) is 9.33. The van der Waals surface area contributed by atoms with Gasteiger partial charge in [-0.15, -0.1) is 0 Å². The molecule has 0 amide bonds. The molecule has 1 saturated heterocycles. The van der Waals surface area contributed by atoms with E-state index in [0.29, 0.717) is 32.0 Å². The second kappa shape index (κ2) is 7.10. The number of ether oxygens (including phenoxy) is 3. The highest BCUT2D eigenvalue weighted by Crippen LogP contribution is 2.63. The number of fused-ring (bicyclic) bond motifs is 3. The first-order valence-corrected chi connectivity index (χ1v) is 10.6. The van der Waals surface area contributed by atoms with Crippen LogP contribution in [-0.4, -0.2) is 38.4 Å². The van der Waals surface area contributed by atoms with E-state index >= 15 is 0 Å². The molecule has 1 aliphatic heterocycles. The SMILES string of the molecule is COC(=O)[C@]12CCC(C(C)C)=C1[C@H]1CC=C(C3OCCO3)CC(=O)[C@]1(C)CC2. The van der Waals surface area contributed by atoms with Crippen LogP contribution in [0.4, 0.5) is 0 Å². The van der Waals surface area contributed by atoms with Gasteiger partial charge in [0.25, 0.3) is 0 Å². The molecular formula is C23H32O5. The van der Waals surface area contributed by atoms with Crippen LogP contribution in [-0.2, 0) is 23.8 Å². The molecule has 2 fully saturated rings. The minimum atomic E-state index is -0.544. The van der Waals surface area contributed by atoms with E-state index in [1.54, 1.807) is 0 Å². The van der Waals surface area contributed by atoms with Gasteiger partial charge in [0.2, 0.25) is 0 Å². The molecule has 1 saturated carbocycles. The Morgan fingerprint density at radius 1 is 1.21 bits per heavy atom. The van der Waals surface area contributed by atoms with E-state index in [1.165, 1.54) is 18.3 Å². The Hall–Kier alpha value is -1.46. The van der Waals surface area contributed by atoms with Crippen LogP contribution >= 0.6 is 0 Å². The number of ketones is 1. The highest BCUT2D eigenvalue weighted by Gasteiger charge is 2.60. The minimum Gasteiger partial charge on any atom is -0.468 e. The fraction of sp³-hybridized carbons (Fsp3) is 0.739. The zero-order valence-electron chi connectivity index (χ0n) is 17.5. The van der Waals surface area contributed by atoms with Crippen LogP contribution < -0.4 is 0 Å². The highest BCUT2D eigenvalue weighted by atomic mass is 16.7. The maximum absolute atomic E-state index is 13.5. The molecule has 0 unspecified atom stereocenters. The molecule has 0 aromatic carbocycles. The van der Waals surface area contributed by atoms with Gasteiger partial charge < -0.3 is 14.2 Å². The standard InChI is InChI=1S/C23H32O5/c1-14(2)16-7-8-23(21(25)26-4)10-9-22(3)17(19(16)23)6-5-15(13-18(22)24)20-27-11-12-28-20/h5,14,17,20H,6-13H2,1-4H3/t17-,22-,23+/m1/s1. The first-order valence-electron chi connectivity index (χ1n) is 10.6. The minimum absolute atomic E-state index is 0.0478. The van der Waals surface area contributed by atoms with E-state index in [2.05, 4.69) is 26.8 Å². The van der Waals surface area contributed by atoms with Crippen molar-refractivity contribution in [1.82, 2.24) is 0 Å². The van der Waals surface area contributed by atoms with Gasteiger partial charge in [-0.3, -0.25) is 9.59 Å². The number of allylic oxidation sites excluding steroid dienone is 2. The van der Waals surface area contributed by atoms with Crippen molar-refractivity contribution in [3.05, 3.63) is 22.8 Å². The molecule has 4 rings (SSSR count). The third-order valence-corrected chi connectivity index (χ3v) is 7.69. The number of esters is 1. The van der Waals surface area contributed by atoms with Crippen molar-refractivity contribution < 1.29 is 23.8 Å². The molecule has 5 heteroatoms. The predicted molar refractivity (Wildman–Crippen MR) is 104 cm³/mol. The van der Waals surface area contributed by atoms with E-state index in [1.807, 2.05) is 0 Å². The molecule has 0 aromatic heterocycles. The quantitative estimate of drug-likeness (QED) is 0.541. The molecule has 154 valence electrons. The third kappa shape index (κ3) is 2.81. The molecule has 5 nitrogen and oxygen atoms in total. The predicted octanol–water partition coefficient (Wildman–Crippen LogP) is 3.97. The molecule has 1 heterocycles.